The maximum Gasteiger partial charge on any atom is 0.227 e. The predicted octanol–water partition coefficient (Wildman–Crippen LogP) is 1.10. The zero-order valence-electron chi connectivity index (χ0n) is 15.8. The quantitative estimate of drug-likeness (QED) is 0.430. The molecule has 1 unspecified atom stereocenters. The van der Waals surface area contributed by atoms with Gasteiger partial charge in [-0.05, 0) is 37.8 Å². The molecule has 7 nitrogen and oxygen atoms in total. The molecule has 0 spiro atoms. The average Bonchev–Trinajstić information content (AvgIpc) is 3.21. The number of fused-ring (bicyclic) bond motifs is 1. The molecule has 1 aromatic carbocycles. The Balaban J connectivity index is 1.47. The fourth-order valence-corrected chi connectivity index (χ4v) is 5.25. The fourth-order valence-electron chi connectivity index (χ4n) is 3.58. The smallest absolute Gasteiger partial charge is 0.227 e. The van der Waals surface area contributed by atoms with Gasteiger partial charge in [-0.15, -0.1) is 0 Å². The number of sulfone groups is 1. The van der Waals surface area contributed by atoms with Gasteiger partial charge in [0.1, 0.15) is 0 Å². The molecule has 0 radical (unpaired) electrons. The summed E-state index contributed by atoms with van der Waals surface area (Å²) in [6.07, 6.45) is 2.64. The number of hydrogen-bond donors (Lipinski definition) is 2. The molecular formula is C19H28N4O3S. The Bertz CT molecular complexity index is 807. The zero-order chi connectivity index (χ0) is 19.3. The summed E-state index contributed by atoms with van der Waals surface area (Å²) < 4.78 is 23.2. The monoisotopic (exact) mass is 392 g/mol. The molecule has 2 aliphatic rings. The van der Waals surface area contributed by atoms with E-state index >= 15 is 0 Å². The van der Waals surface area contributed by atoms with E-state index in [2.05, 4.69) is 21.7 Å². The predicted molar refractivity (Wildman–Crippen MR) is 108 cm³/mol. The Kier molecular flexibility index (Phi) is 6.36. The topological polar surface area (TPSA) is 90.9 Å². The zero-order valence-corrected chi connectivity index (χ0v) is 16.6. The standard InChI is InChI=1S/C19H28N4O3S/c1-2-20-19(22-16-10-13-27(25,26)14-16)21-11-5-8-18(24)23-12-9-15-6-3-4-7-17(15)23/h3-4,6-7,16H,2,5,8-14H2,1H3,(H2,20,21,22). The van der Waals surface area contributed by atoms with E-state index in [0.717, 1.165) is 18.7 Å². The van der Waals surface area contributed by atoms with E-state index in [9.17, 15) is 13.2 Å². The highest BCUT2D eigenvalue weighted by atomic mass is 32.2. The van der Waals surface area contributed by atoms with Crippen LogP contribution in [0.1, 0.15) is 31.7 Å². The fraction of sp³-hybridized carbons (Fsp3) is 0.579. The number of hydrogen-bond acceptors (Lipinski definition) is 4. The molecule has 8 heteroatoms. The van der Waals surface area contributed by atoms with Crippen molar-refractivity contribution in [2.24, 2.45) is 4.99 Å². The maximum absolute atomic E-state index is 12.5. The SMILES string of the molecule is CCNC(=NCCCC(=O)N1CCc2ccccc21)NC1CCS(=O)(=O)C1. The molecule has 1 saturated heterocycles. The van der Waals surface area contributed by atoms with E-state index in [1.165, 1.54) is 5.56 Å². The van der Waals surface area contributed by atoms with Gasteiger partial charge in [0.15, 0.2) is 15.8 Å². The lowest BCUT2D eigenvalue weighted by Crippen LogP contribution is -2.44. The van der Waals surface area contributed by atoms with E-state index in [4.69, 9.17) is 0 Å². The second-order valence-corrected chi connectivity index (χ2v) is 9.26. The van der Waals surface area contributed by atoms with Gasteiger partial charge in [-0.2, -0.15) is 0 Å². The first-order valence-corrected chi connectivity index (χ1v) is 11.4. The van der Waals surface area contributed by atoms with Gasteiger partial charge >= 0.3 is 0 Å². The molecule has 1 amide bonds. The minimum absolute atomic E-state index is 0.0875. The van der Waals surface area contributed by atoms with Gasteiger partial charge in [-0.25, -0.2) is 8.42 Å². The van der Waals surface area contributed by atoms with E-state index in [-0.39, 0.29) is 23.5 Å². The largest absolute Gasteiger partial charge is 0.357 e. The molecule has 2 N–H and O–H groups in total. The highest BCUT2D eigenvalue weighted by molar-refractivity contribution is 7.91. The van der Waals surface area contributed by atoms with E-state index < -0.39 is 9.84 Å². The van der Waals surface area contributed by atoms with Crippen molar-refractivity contribution in [2.75, 3.05) is 36.0 Å². The van der Waals surface area contributed by atoms with Crippen LogP contribution in [0.2, 0.25) is 0 Å². The molecule has 1 atom stereocenters. The third-order valence-corrected chi connectivity index (χ3v) is 6.69. The minimum atomic E-state index is -2.92. The summed E-state index contributed by atoms with van der Waals surface area (Å²) in [6.45, 7) is 3.95. The first-order valence-electron chi connectivity index (χ1n) is 9.62. The van der Waals surface area contributed by atoms with E-state index in [1.54, 1.807) is 0 Å². The van der Waals surface area contributed by atoms with Crippen LogP contribution in [0.25, 0.3) is 0 Å². The van der Waals surface area contributed by atoms with Gasteiger partial charge in [0.05, 0.1) is 11.5 Å². The van der Waals surface area contributed by atoms with Gasteiger partial charge < -0.3 is 15.5 Å². The van der Waals surface area contributed by atoms with Crippen molar-refractivity contribution < 1.29 is 13.2 Å². The van der Waals surface area contributed by atoms with Gasteiger partial charge in [0, 0.05) is 37.8 Å². The molecule has 148 valence electrons. The maximum atomic E-state index is 12.5. The Labute approximate surface area is 161 Å². The summed E-state index contributed by atoms with van der Waals surface area (Å²) in [5, 5.41) is 6.33. The van der Waals surface area contributed by atoms with Crippen LogP contribution >= 0.6 is 0 Å². The van der Waals surface area contributed by atoms with Crippen molar-refractivity contribution >= 4 is 27.4 Å². The summed E-state index contributed by atoms with van der Waals surface area (Å²) in [6, 6.07) is 7.96. The van der Waals surface area contributed by atoms with Crippen LogP contribution in [-0.2, 0) is 21.1 Å². The lowest BCUT2D eigenvalue weighted by atomic mass is 10.2. The van der Waals surface area contributed by atoms with Crippen LogP contribution in [0.3, 0.4) is 0 Å². The number of anilines is 1. The van der Waals surface area contributed by atoms with Crippen molar-refractivity contribution in [3.63, 3.8) is 0 Å². The third kappa shape index (κ3) is 5.22. The number of benzene rings is 1. The molecule has 0 saturated carbocycles. The van der Waals surface area contributed by atoms with Crippen LogP contribution < -0.4 is 15.5 Å². The first-order chi connectivity index (χ1) is 13.0. The number of carbonyl (C=O) groups is 1. The summed E-state index contributed by atoms with van der Waals surface area (Å²) in [5.41, 5.74) is 2.26. The summed E-state index contributed by atoms with van der Waals surface area (Å²) in [7, 11) is -2.92. The molecule has 2 heterocycles. The number of rotatable bonds is 6. The highest BCUT2D eigenvalue weighted by Gasteiger charge is 2.28. The number of para-hydroxylation sites is 1. The van der Waals surface area contributed by atoms with Crippen molar-refractivity contribution in [3.05, 3.63) is 29.8 Å². The van der Waals surface area contributed by atoms with Crippen LogP contribution in [0, 0.1) is 0 Å². The number of nitrogens with zero attached hydrogens (tertiary/aromatic N) is 2. The third-order valence-electron chi connectivity index (χ3n) is 4.92. The molecule has 3 rings (SSSR count). The van der Waals surface area contributed by atoms with Gasteiger partial charge in [0.2, 0.25) is 5.91 Å². The molecular weight excluding hydrogens is 364 g/mol. The second kappa shape index (κ2) is 8.73. The van der Waals surface area contributed by atoms with Crippen LogP contribution in [0.5, 0.6) is 0 Å². The van der Waals surface area contributed by atoms with Crippen LogP contribution in [0.4, 0.5) is 5.69 Å². The Morgan fingerprint density at radius 2 is 2.15 bits per heavy atom. The summed E-state index contributed by atoms with van der Waals surface area (Å²) in [4.78, 5) is 18.9. The first kappa shape index (κ1) is 19.7. The Hall–Kier alpha value is -2.09. The van der Waals surface area contributed by atoms with Crippen molar-refractivity contribution in [2.45, 2.75) is 38.6 Å². The highest BCUT2D eigenvalue weighted by Crippen LogP contribution is 2.28. The number of carbonyl (C=O) groups excluding carboxylic acids is 1. The van der Waals surface area contributed by atoms with Gasteiger partial charge in [-0.3, -0.25) is 9.79 Å². The molecule has 1 fully saturated rings. The van der Waals surface area contributed by atoms with Crippen LogP contribution in [-0.4, -0.2) is 57.5 Å². The molecule has 1 aromatic rings. The molecule has 0 aliphatic carbocycles. The van der Waals surface area contributed by atoms with Crippen molar-refractivity contribution in [1.82, 2.24) is 10.6 Å². The van der Waals surface area contributed by atoms with Gasteiger partial charge in [-0.1, -0.05) is 18.2 Å². The van der Waals surface area contributed by atoms with Gasteiger partial charge in [0.25, 0.3) is 0 Å². The van der Waals surface area contributed by atoms with Crippen LogP contribution in [0.15, 0.2) is 29.3 Å². The molecule has 27 heavy (non-hydrogen) atoms. The number of nitrogens with one attached hydrogen (secondary N) is 2. The number of guanidine groups is 1. The number of amides is 1. The molecule has 0 aromatic heterocycles. The lowest BCUT2D eigenvalue weighted by Gasteiger charge is -2.17. The lowest BCUT2D eigenvalue weighted by molar-refractivity contribution is -0.118. The average molecular weight is 393 g/mol. The normalized spacial score (nSPS) is 21.1. The minimum Gasteiger partial charge on any atom is -0.357 e. The number of aliphatic imine (C=N–C) groups is 1. The van der Waals surface area contributed by atoms with E-state index in [0.29, 0.717) is 38.3 Å². The Morgan fingerprint density at radius 3 is 2.89 bits per heavy atom. The summed E-state index contributed by atoms with van der Waals surface area (Å²) >= 11 is 0. The Morgan fingerprint density at radius 1 is 1.33 bits per heavy atom. The van der Waals surface area contributed by atoms with Crippen molar-refractivity contribution in [3.8, 4) is 0 Å². The van der Waals surface area contributed by atoms with E-state index in [1.807, 2.05) is 30.0 Å². The summed E-state index contributed by atoms with van der Waals surface area (Å²) in [5.74, 6) is 1.15. The molecule has 2 aliphatic heterocycles. The molecule has 0 bridgehead atoms. The second-order valence-electron chi connectivity index (χ2n) is 7.03. The van der Waals surface area contributed by atoms with Crippen molar-refractivity contribution in [1.29, 1.82) is 0 Å².